The largest absolute Gasteiger partial charge is 0.505 e. The Kier molecular flexibility index (Phi) is 12.4. The van der Waals surface area contributed by atoms with Crippen LogP contribution in [0, 0.1) is 0 Å². The molecule has 0 bridgehead atoms. The van der Waals surface area contributed by atoms with E-state index in [9.17, 15) is 78.9 Å². The fourth-order valence-corrected chi connectivity index (χ4v) is 10.0. The number of rotatable bonds is 15. The highest BCUT2D eigenvalue weighted by Gasteiger charge is 2.28. The predicted octanol–water partition coefficient (Wildman–Crippen LogP) is 3.07. The van der Waals surface area contributed by atoms with Crippen LogP contribution in [-0.4, -0.2) is 111 Å². The molecule has 0 aliphatic carbocycles. The molecule has 0 spiro atoms. The molecule has 0 saturated carbocycles. The Morgan fingerprint density at radius 1 is 0.594 bits per heavy atom. The standard InChI is InChI=1S/C31H25N7O20S6/c39-27-25-15(13-24(62(49,50)51)26(27)38-37-21-9-8-19-20(28(21)63(52,53)54)2-1-3-23(19)61(46,47)48)12-18(60(43,44)45)14-22(25)33-30-34-29(35-31(40)36-30)32-16-4-6-17(7-5-16)59(41,42)11-10-58-64(55,56)57/h1-9,12-14,39H,10-11H2,(H,43,44,45)(H,46,47,48)(H,49,50,51)(H,52,53,54)(H,55,56,57)(H3,32,33,34,35,36,40). The van der Waals surface area contributed by atoms with Gasteiger partial charge in [0, 0.05) is 21.8 Å². The average molecular weight is 1010 g/mol. The summed E-state index contributed by atoms with van der Waals surface area (Å²) in [6.07, 6.45) is 0. The summed E-state index contributed by atoms with van der Waals surface area (Å²) in [5.74, 6) is -3.25. The Morgan fingerprint density at radius 2 is 1.22 bits per heavy atom. The van der Waals surface area contributed by atoms with Gasteiger partial charge < -0.3 is 20.8 Å². The fourth-order valence-electron chi connectivity index (χ4n) is 5.81. The van der Waals surface area contributed by atoms with Crippen LogP contribution in [0.25, 0.3) is 21.5 Å². The highest BCUT2D eigenvalue weighted by atomic mass is 32.3. The van der Waals surface area contributed by atoms with Crippen LogP contribution >= 0.6 is 0 Å². The zero-order valence-electron chi connectivity index (χ0n) is 31.0. The topological polar surface area (TPSA) is 443 Å². The van der Waals surface area contributed by atoms with E-state index >= 15 is 0 Å². The number of hydrogen-bond acceptors (Lipinski definition) is 22. The molecule has 0 aliphatic heterocycles. The molecule has 0 unspecified atom stereocenters. The second-order valence-electron chi connectivity index (χ2n) is 12.6. The Labute approximate surface area is 360 Å². The maximum absolute atomic E-state index is 12.6. The van der Waals surface area contributed by atoms with Gasteiger partial charge in [-0.15, -0.1) is 10.2 Å². The van der Waals surface area contributed by atoms with Crippen LogP contribution in [0.3, 0.4) is 0 Å². The number of aromatic hydroxyl groups is 2. The van der Waals surface area contributed by atoms with Crippen molar-refractivity contribution in [1.29, 1.82) is 0 Å². The molecular formula is C31H25N7O20S6. The Bertz CT molecular complexity index is 3650. The highest BCUT2D eigenvalue weighted by molar-refractivity contribution is 7.91. The zero-order valence-corrected chi connectivity index (χ0v) is 35.9. The van der Waals surface area contributed by atoms with Gasteiger partial charge >= 0.3 is 16.4 Å². The van der Waals surface area contributed by atoms with Crippen LogP contribution in [0.4, 0.5) is 34.6 Å². The molecule has 9 N–H and O–H groups in total. The number of benzene rings is 5. The number of anilines is 4. The monoisotopic (exact) mass is 1010 g/mol. The SMILES string of the molecule is O=S(=O)(O)OCCS(=O)(=O)c1ccc(Nc2nc(O)nc(Nc3cc(S(=O)(=O)O)cc4cc(S(=O)(=O)O)c(N=Nc5ccc6c(S(=O)(=O)O)cccc6c5S(=O)(=O)O)c(O)c34)n2)cc1. The first-order chi connectivity index (χ1) is 29.4. The van der Waals surface area contributed by atoms with Crippen molar-refractivity contribution in [2.45, 2.75) is 24.5 Å². The summed E-state index contributed by atoms with van der Waals surface area (Å²) in [7, 11) is -30.0. The summed E-state index contributed by atoms with van der Waals surface area (Å²) in [6.45, 7) is -0.901. The van der Waals surface area contributed by atoms with Crippen molar-refractivity contribution >= 4 is 117 Å². The molecule has 6 aromatic rings. The van der Waals surface area contributed by atoms with E-state index in [0.717, 1.165) is 42.5 Å². The van der Waals surface area contributed by atoms with Crippen molar-refractivity contribution < 1.29 is 87.7 Å². The second-order valence-corrected chi connectivity index (χ2v) is 21.4. The van der Waals surface area contributed by atoms with E-state index in [1.165, 1.54) is 12.1 Å². The lowest BCUT2D eigenvalue weighted by Crippen LogP contribution is -2.15. The Balaban J connectivity index is 1.45. The first-order valence-corrected chi connectivity index (χ1v) is 25.3. The first-order valence-electron chi connectivity index (χ1n) is 16.6. The number of nitrogens with zero attached hydrogens (tertiary/aromatic N) is 5. The van der Waals surface area contributed by atoms with Crippen molar-refractivity contribution in [2.24, 2.45) is 10.2 Å². The van der Waals surface area contributed by atoms with Crippen LogP contribution in [-0.2, 0) is 64.9 Å². The smallest absolute Gasteiger partial charge is 0.397 e. The van der Waals surface area contributed by atoms with E-state index in [1.807, 2.05) is 0 Å². The molecule has 6 rings (SSSR count). The minimum Gasteiger partial charge on any atom is -0.505 e. The van der Waals surface area contributed by atoms with Gasteiger partial charge in [-0.05, 0) is 60.0 Å². The number of phenols is 1. The molecule has 27 nitrogen and oxygen atoms in total. The number of hydrogen-bond donors (Lipinski definition) is 9. The van der Waals surface area contributed by atoms with Crippen LogP contribution in [0.15, 0.2) is 108 Å². The van der Waals surface area contributed by atoms with Crippen molar-refractivity contribution in [2.75, 3.05) is 23.0 Å². The van der Waals surface area contributed by atoms with Crippen molar-refractivity contribution in [1.82, 2.24) is 15.0 Å². The van der Waals surface area contributed by atoms with Gasteiger partial charge in [-0.1, -0.05) is 18.2 Å². The van der Waals surface area contributed by atoms with Gasteiger partial charge in [0.25, 0.3) is 40.5 Å². The van der Waals surface area contributed by atoms with Gasteiger partial charge in [-0.2, -0.15) is 57.0 Å². The number of sulfone groups is 1. The fraction of sp³-hybridized carbons (Fsp3) is 0.0645. The minimum absolute atomic E-state index is 0.0661. The molecule has 33 heteroatoms. The third-order valence-electron chi connectivity index (χ3n) is 8.37. The number of nitrogens with one attached hydrogen (secondary N) is 2. The molecule has 64 heavy (non-hydrogen) atoms. The van der Waals surface area contributed by atoms with Gasteiger partial charge in [0.2, 0.25) is 11.9 Å². The van der Waals surface area contributed by atoms with Crippen molar-refractivity contribution in [3.8, 4) is 11.8 Å². The van der Waals surface area contributed by atoms with Gasteiger partial charge in [0.1, 0.15) is 26.1 Å². The van der Waals surface area contributed by atoms with E-state index in [-0.39, 0.29) is 10.6 Å². The summed E-state index contributed by atoms with van der Waals surface area (Å²) in [5.41, 5.74) is -2.52. The highest BCUT2D eigenvalue weighted by Crippen LogP contribution is 2.46. The number of phenolic OH excluding ortho intramolecular Hbond substituents is 1. The van der Waals surface area contributed by atoms with Gasteiger partial charge in [-0.3, -0.25) is 22.8 Å². The van der Waals surface area contributed by atoms with Crippen molar-refractivity contribution in [3.63, 3.8) is 0 Å². The molecule has 1 aromatic heterocycles. The summed E-state index contributed by atoms with van der Waals surface area (Å²) < 4.78 is 198. The minimum atomic E-state index is -5.48. The summed E-state index contributed by atoms with van der Waals surface area (Å²) in [5, 5.41) is 32.1. The van der Waals surface area contributed by atoms with E-state index in [2.05, 4.69) is 40.0 Å². The molecule has 0 saturated heterocycles. The zero-order chi connectivity index (χ0) is 47.4. The summed E-state index contributed by atoms with van der Waals surface area (Å²) in [4.78, 5) is 6.84. The van der Waals surface area contributed by atoms with Crippen LogP contribution in [0.5, 0.6) is 11.8 Å². The molecular weight excluding hydrogens is 983 g/mol. The molecule has 340 valence electrons. The van der Waals surface area contributed by atoms with Crippen LogP contribution in [0.1, 0.15) is 0 Å². The lowest BCUT2D eigenvalue weighted by molar-refractivity contribution is 0.284. The van der Waals surface area contributed by atoms with Gasteiger partial charge in [0.05, 0.1) is 27.8 Å². The second kappa shape index (κ2) is 16.8. The maximum atomic E-state index is 12.6. The van der Waals surface area contributed by atoms with E-state index < -0.39 is 155 Å². The summed E-state index contributed by atoms with van der Waals surface area (Å²) in [6, 6.07) is 9.96. The Morgan fingerprint density at radius 3 is 1.80 bits per heavy atom. The average Bonchev–Trinajstić information content (AvgIpc) is 3.14. The van der Waals surface area contributed by atoms with E-state index in [1.54, 1.807) is 0 Å². The number of fused-ring (bicyclic) bond motifs is 2. The molecule has 1 heterocycles. The maximum Gasteiger partial charge on any atom is 0.397 e. The third-order valence-corrected chi connectivity index (χ3v) is 14.1. The first kappa shape index (κ1) is 47.4. The van der Waals surface area contributed by atoms with Gasteiger partial charge in [0.15, 0.2) is 15.6 Å². The lowest BCUT2D eigenvalue weighted by atomic mass is 10.1. The normalized spacial score (nSPS) is 13.1. The van der Waals surface area contributed by atoms with Crippen molar-refractivity contribution in [3.05, 3.63) is 72.8 Å². The van der Waals surface area contributed by atoms with Gasteiger partial charge in [-0.25, -0.2) is 12.6 Å². The Hall–Kier alpha value is -6.11. The van der Waals surface area contributed by atoms with E-state index in [0.29, 0.717) is 18.2 Å². The predicted molar refractivity (Wildman–Crippen MR) is 217 cm³/mol. The third kappa shape index (κ3) is 10.6. The molecule has 5 aromatic carbocycles. The van der Waals surface area contributed by atoms with E-state index in [4.69, 9.17) is 4.55 Å². The number of aromatic nitrogens is 3. The summed E-state index contributed by atoms with van der Waals surface area (Å²) >= 11 is 0. The van der Waals surface area contributed by atoms with Crippen LogP contribution < -0.4 is 10.6 Å². The molecule has 0 amide bonds. The number of azo groups is 1. The molecule has 0 atom stereocenters. The molecule has 0 fully saturated rings. The molecule has 0 radical (unpaired) electrons. The quantitative estimate of drug-likeness (QED) is 0.0527. The molecule has 0 aliphatic rings. The lowest BCUT2D eigenvalue weighted by Gasteiger charge is -2.15. The van der Waals surface area contributed by atoms with Crippen LogP contribution in [0.2, 0.25) is 0 Å².